The van der Waals surface area contributed by atoms with Crippen molar-refractivity contribution in [2.45, 2.75) is 25.8 Å². The quantitative estimate of drug-likeness (QED) is 0.721. The van der Waals surface area contributed by atoms with E-state index in [1.807, 2.05) is 12.1 Å². The molecule has 0 spiro atoms. The van der Waals surface area contributed by atoms with Crippen molar-refractivity contribution in [3.8, 4) is 0 Å². The molecule has 0 saturated carbocycles. The van der Waals surface area contributed by atoms with Gasteiger partial charge in [0, 0.05) is 13.0 Å². The molecule has 1 aromatic rings. The zero-order chi connectivity index (χ0) is 12.8. The molecule has 1 aliphatic rings. The number of allylic oxidation sites excluding steroid dienone is 2. The van der Waals surface area contributed by atoms with Crippen molar-refractivity contribution in [2.24, 2.45) is 5.92 Å². The number of nitrogens with zero attached hydrogens (tertiary/aromatic N) is 1. The number of hydrogen-bond acceptors (Lipinski definition) is 2. The second kappa shape index (κ2) is 6.24. The van der Waals surface area contributed by atoms with Crippen molar-refractivity contribution >= 4 is 5.91 Å². The van der Waals surface area contributed by atoms with E-state index >= 15 is 0 Å². The Bertz CT molecular complexity index is 420. The third kappa shape index (κ3) is 3.36. The fourth-order valence-electron chi connectivity index (χ4n) is 2.22. The Balaban J connectivity index is 1.93. The number of furan rings is 1. The summed E-state index contributed by atoms with van der Waals surface area (Å²) >= 11 is 0. The lowest BCUT2D eigenvalue weighted by atomic mass is 10.0. The smallest absolute Gasteiger partial charge is 0.223 e. The Morgan fingerprint density at radius 1 is 1.61 bits per heavy atom. The van der Waals surface area contributed by atoms with Crippen LogP contribution in [0.2, 0.25) is 0 Å². The van der Waals surface area contributed by atoms with Crippen LogP contribution in [-0.2, 0) is 11.3 Å². The second-order valence-corrected chi connectivity index (χ2v) is 4.61. The molecule has 0 bridgehead atoms. The normalized spacial score (nSPS) is 17.9. The van der Waals surface area contributed by atoms with Gasteiger partial charge >= 0.3 is 0 Å². The summed E-state index contributed by atoms with van der Waals surface area (Å²) in [5, 5.41) is 0. The summed E-state index contributed by atoms with van der Waals surface area (Å²) in [4.78, 5) is 14.0. The molecule has 1 aromatic heterocycles. The zero-order valence-corrected chi connectivity index (χ0v) is 10.5. The van der Waals surface area contributed by atoms with E-state index in [0.29, 0.717) is 25.4 Å². The summed E-state index contributed by atoms with van der Waals surface area (Å²) in [5.41, 5.74) is 0. The predicted octanol–water partition coefficient (Wildman–Crippen LogP) is 3.15. The highest BCUT2D eigenvalue weighted by atomic mass is 16.3. The topological polar surface area (TPSA) is 33.5 Å². The van der Waals surface area contributed by atoms with E-state index < -0.39 is 0 Å². The van der Waals surface area contributed by atoms with Crippen LogP contribution in [0.15, 0.2) is 47.6 Å². The highest BCUT2D eigenvalue weighted by Crippen LogP contribution is 2.21. The van der Waals surface area contributed by atoms with E-state index in [9.17, 15) is 4.79 Å². The van der Waals surface area contributed by atoms with Crippen LogP contribution in [0, 0.1) is 5.92 Å². The first-order chi connectivity index (χ1) is 8.79. The lowest BCUT2D eigenvalue weighted by Gasteiger charge is -2.21. The van der Waals surface area contributed by atoms with E-state index in [-0.39, 0.29) is 5.91 Å². The minimum absolute atomic E-state index is 0.169. The average Bonchev–Trinajstić information content (AvgIpc) is 3.01. The molecule has 0 radical (unpaired) electrons. The maximum absolute atomic E-state index is 12.2. The average molecular weight is 245 g/mol. The summed E-state index contributed by atoms with van der Waals surface area (Å²) in [6.45, 7) is 4.79. The molecule has 0 aromatic carbocycles. The summed E-state index contributed by atoms with van der Waals surface area (Å²) in [6.07, 6.45) is 10.5. The fourth-order valence-corrected chi connectivity index (χ4v) is 2.22. The largest absolute Gasteiger partial charge is 0.467 e. The monoisotopic (exact) mass is 245 g/mol. The van der Waals surface area contributed by atoms with Gasteiger partial charge in [-0.25, -0.2) is 0 Å². The van der Waals surface area contributed by atoms with Crippen molar-refractivity contribution in [3.05, 3.63) is 49.0 Å². The van der Waals surface area contributed by atoms with Gasteiger partial charge in [0.15, 0.2) is 0 Å². The first kappa shape index (κ1) is 12.7. The van der Waals surface area contributed by atoms with E-state index in [4.69, 9.17) is 4.42 Å². The van der Waals surface area contributed by atoms with Gasteiger partial charge in [-0.3, -0.25) is 4.79 Å². The SMILES string of the molecule is C=CCN(Cc1ccco1)C(=O)C[C@@H]1C=CCC1. The molecule has 0 aliphatic heterocycles. The molecule has 3 heteroatoms. The molecule has 18 heavy (non-hydrogen) atoms. The lowest BCUT2D eigenvalue weighted by Crippen LogP contribution is -2.31. The predicted molar refractivity (Wildman–Crippen MR) is 70.8 cm³/mol. The molecule has 0 fully saturated rings. The van der Waals surface area contributed by atoms with E-state index in [1.165, 1.54) is 0 Å². The molecule has 0 unspecified atom stereocenters. The number of hydrogen-bond donors (Lipinski definition) is 0. The van der Waals surface area contributed by atoms with Crippen LogP contribution in [0.25, 0.3) is 0 Å². The molecule has 2 rings (SSSR count). The van der Waals surface area contributed by atoms with Gasteiger partial charge in [-0.15, -0.1) is 6.58 Å². The van der Waals surface area contributed by atoms with E-state index in [0.717, 1.165) is 18.6 Å². The molecular weight excluding hydrogens is 226 g/mol. The van der Waals surface area contributed by atoms with Gasteiger partial charge in [-0.2, -0.15) is 0 Å². The molecule has 3 nitrogen and oxygen atoms in total. The van der Waals surface area contributed by atoms with Crippen LogP contribution >= 0.6 is 0 Å². The zero-order valence-electron chi connectivity index (χ0n) is 10.5. The van der Waals surface area contributed by atoms with Crippen molar-refractivity contribution in [1.82, 2.24) is 4.90 Å². The molecule has 1 aliphatic carbocycles. The molecule has 1 heterocycles. The Labute approximate surface area is 108 Å². The number of carbonyl (C=O) groups excluding carboxylic acids is 1. The summed E-state index contributed by atoms with van der Waals surface area (Å²) in [5.74, 6) is 1.39. The van der Waals surface area contributed by atoms with Crippen LogP contribution in [0.3, 0.4) is 0 Å². The minimum Gasteiger partial charge on any atom is -0.467 e. The van der Waals surface area contributed by atoms with Crippen LogP contribution in [0.1, 0.15) is 25.0 Å². The lowest BCUT2D eigenvalue weighted by molar-refractivity contribution is -0.132. The van der Waals surface area contributed by atoms with Crippen LogP contribution in [0.5, 0.6) is 0 Å². The third-order valence-electron chi connectivity index (χ3n) is 3.18. The van der Waals surface area contributed by atoms with E-state index in [2.05, 4.69) is 18.7 Å². The summed E-state index contributed by atoms with van der Waals surface area (Å²) in [7, 11) is 0. The molecule has 1 amide bonds. The fraction of sp³-hybridized carbons (Fsp3) is 0.400. The maximum atomic E-state index is 12.2. The van der Waals surface area contributed by atoms with Crippen molar-refractivity contribution in [1.29, 1.82) is 0 Å². The second-order valence-electron chi connectivity index (χ2n) is 4.61. The molecule has 96 valence electrons. The molecule has 1 atom stereocenters. The Kier molecular flexibility index (Phi) is 4.40. The highest BCUT2D eigenvalue weighted by Gasteiger charge is 2.19. The first-order valence-corrected chi connectivity index (χ1v) is 6.37. The van der Waals surface area contributed by atoms with Crippen LogP contribution in [0.4, 0.5) is 0 Å². The summed E-state index contributed by atoms with van der Waals surface area (Å²) in [6, 6.07) is 3.73. The van der Waals surface area contributed by atoms with Gasteiger partial charge in [0.05, 0.1) is 12.8 Å². The highest BCUT2D eigenvalue weighted by molar-refractivity contribution is 5.76. The standard InChI is InChI=1S/C15H19NO2/c1-2-9-16(12-14-8-5-10-18-14)15(17)11-13-6-3-4-7-13/h2-3,5-6,8,10,13H,1,4,7,9,11-12H2/t13-/m1/s1. The first-order valence-electron chi connectivity index (χ1n) is 6.37. The molecule has 0 N–H and O–H groups in total. The van der Waals surface area contributed by atoms with Crippen LogP contribution < -0.4 is 0 Å². The van der Waals surface area contributed by atoms with Crippen molar-refractivity contribution < 1.29 is 9.21 Å². The van der Waals surface area contributed by atoms with Gasteiger partial charge < -0.3 is 9.32 Å². The number of rotatable bonds is 6. The molecule has 0 saturated heterocycles. The Hall–Kier alpha value is -1.77. The molecular formula is C15H19NO2. The van der Waals surface area contributed by atoms with Gasteiger partial charge in [0.25, 0.3) is 0 Å². The van der Waals surface area contributed by atoms with Crippen molar-refractivity contribution in [2.75, 3.05) is 6.54 Å². The van der Waals surface area contributed by atoms with Gasteiger partial charge in [-0.1, -0.05) is 18.2 Å². The van der Waals surface area contributed by atoms with Gasteiger partial charge in [0.1, 0.15) is 5.76 Å². The Morgan fingerprint density at radius 2 is 2.50 bits per heavy atom. The van der Waals surface area contributed by atoms with Gasteiger partial charge in [0.2, 0.25) is 5.91 Å². The Morgan fingerprint density at radius 3 is 3.11 bits per heavy atom. The maximum Gasteiger partial charge on any atom is 0.223 e. The van der Waals surface area contributed by atoms with E-state index in [1.54, 1.807) is 17.2 Å². The number of carbonyl (C=O) groups is 1. The van der Waals surface area contributed by atoms with Gasteiger partial charge in [-0.05, 0) is 30.9 Å². The third-order valence-corrected chi connectivity index (χ3v) is 3.18. The van der Waals surface area contributed by atoms with Crippen molar-refractivity contribution in [3.63, 3.8) is 0 Å². The minimum atomic E-state index is 0.169. The van der Waals surface area contributed by atoms with Crippen LogP contribution in [-0.4, -0.2) is 17.4 Å². The summed E-state index contributed by atoms with van der Waals surface area (Å²) < 4.78 is 5.29. The number of amides is 1.